The molecule has 0 bridgehead atoms. The SMILES string of the molecule is c1ccc(-c2c(-c3ccc4nn(-c5ccccc5)nc4c3)cccc2-c2cccc3oc4ccccc4c23)cc1.c1ccc(-c2ccc(-n3nc4ccc(-c5ccc(-c6cccc7oc8ccccc8c67)c(-c6ccccc6)c5)cc4n3)cc2)cc1.c1ccc(-n2nc3ccc(-c4cc(-c5cccc6c5oc5ccccc56)cc(-c5cccc6c5oc5ccccc56)c4)cc3n2)cc1. The van der Waals surface area contributed by atoms with E-state index in [1.54, 1.807) is 14.4 Å². The van der Waals surface area contributed by atoms with Crippen molar-refractivity contribution in [1.82, 2.24) is 45.0 Å². The van der Waals surface area contributed by atoms with Gasteiger partial charge in [0.1, 0.15) is 77.8 Å². The molecule has 0 atom stereocenters. The van der Waals surface area contributed by atoms with E-state index in [4.69, 9.17) is 48.3 Å². The lowest BCUT2D eigenvalue weighted by Gasteiger charge is -2.17. The van der Waals surface area contributed by atoms with Crippen LogP contribution in [0.4, 0.5) is 0 Å². The van der Waals surface area contributed by atoms with E-state index in [1.807, 2.05) is 121 Å². The Morgan fingerprint density at radius 3 is 0.985 bits per heavy atom. The summed E-state index contributed by atoms with van der Waals surface area (Å²) in [5.74, 6) is 0. The molecule has 7 aromatic heterocycles. The summed E-state index contributed by atoms with van der Waals surface area (Å²) in [6.45, 7) is 0. The molecule has 13 heteroatoms. The Bertz CT molecular complexity index is 9020. The summed E-state index contributed by atoms with van der Waals surface area (Å²) >= 11 is 0. The molecular formula is C120H75N9O4. The molecule has 0 spiro atoms. The topological polar surface area (TPSA) is 145 Å². The second-order valence-electron chi connectivity index (χ2n) is 33.3. The largest absolute Gasteiger partial charge is 0.456 e. The van der Waals surface area contributed by atoms with Crippen LogP contribution in [0.2, 0.25) is 0 Å². The zero-order chi connectivity index (χ0) is 87.8. The molecule has 13 nitrogen and oxygen atoms in total. The maximum absolute atomic E-state index is 6.50. The van der Waals surface area contributed by atoms with Gasteiger partial charge in [-0.05, 0) is 234 Å². The summed E-state index contributed by atoms with van der Waals surface area (Å²) in [7, 11) is 0. The molecule has 0 saturated carbocycles. The van der Waals surface area contributed by atoms with Crippen LogP contribution in [0.3, 0.4) is 0 Å². The van der Waals surface area contributed by atoms with Gasteiger partial charge in [-0.25, -0.2) is 0 Å². The van der Waals surface area contributed by atoms with Crippen molar-refractivity contribution < 1.29 is 17.7 Å². The molecular weight excluding hydrogens is 1630 g/mol. The minimum atomic E-state index is 0.831. The second-order valence-corrected chi connectivity index (χ2v) is 33.3. The highest BCUT2D eigenvalue weighted by atomic mass is 16.3. The Morgan fingerprint density at radius 2 is 0.474 bits per heavy atom. The molecule has 0 amide bonds. The van der Waals surface area contributed by atoms with Crippen molar-refractivity contribution in [2.24, 2.45) is 0 Å². The van der Waals surface area contributed by atoms with E-state index in [1.165, 1.54) is 16.7 Å². The predicted octanol–water partition coefficient (Wildman–Crippen LogP) is 31.5. The van der Waals surface area contributed by atoms with Crippen LogP contribution in [0.5, 0.6) is 0 Å². The molecule has 0 N–H and O–H groups in total. The summed E-state index contributed by atoms with van der Waals surface area (Å²) < 4.78 is 25.5. The fourth-order valence-corrected chi connectivity index (χ4v) is 19.0. The first-order valence-corrected chi connectivity index (χ1v) is 44.4. The molecule has 27 aromatic rings. The van der Waals surface area contributed by atoms with E-state index >= 15 is 0 Å². The highest BCUT2D eigenvalue weighted by Crippen LogP contribution is 2.49. The van der Waals surface area contributed by atoms with Crippen molar-refractivity contribution in [2.45, 2.75) is 0 Å². The van der Waals surface area contributed by atoms with Gasteiger partial charge in [0.25, 0.3) is 0 Å². The number of aromatic nitrogens is 9. The van der Waals surface area contributed by atoms with Crippen LogP contribution in [-0.4, -0.2) is 45.0 Å². The van der Waals surface area contributed by atoms with Gasteiger partial charge >= 0.3 is 0 Å². The van der Waals surface area contributed by atoms with Crippen molar-refractivity contribution in [1.29, 1.82) is 0 Å². The van der Waals surface area contributed by atoms with Crippen molar-refractivity contribution in [3.8, 4) is 128 Å². The van der Waals surface area contributed by atoms with Crippen LogP contribution in [0, 0.1) is 0 Å². The van der Waals surface area contributed by atoms with Crippen molar-refractivity contribution in [3.63, 3.8) is 0 Å². The number of rotatable bonds is 13. The molecule has 0 aliphatic heterocycles. The molecule has 20 aromatic carbocycles. The third-order valence-electron chi connectivity index (χ3n) is 25.3. The van der Waals surface area contributed by atoms with E-state index in [-0.39, 0.29) is 0 Å². The maximum Gasteiger partial charge on any atom is 0.143 e. The molecule has 0 aliphatic rings. The van der Waals surface area contributed by atoms with E-state index < -0.39 is 0 Å². The Labute approximate surface area is 761 Å². The average molecular weight is 1710 g/mol. The first-order valence-electron chi connectivity index (χ1n) is 44.4. The fraction of sp³-hybridized carbons (Fsp3) is 0. The molecule has 0 aliphatic carbocycles. The maximum atomic E-state index is 6.50. The monoisotopic (exact) mass is 1710 g/mol. The number of benzene rings is 20. The standard InChI is InChI=1S/C42H25N3O2.C42H27N3O.C36H23N3O/c1-2-10-30(11-3-1)45-43-37-21-20-26(25-38(37)44-45)27-22-28(31-14-8-16-35-33-12-4-6-18-39(33)46-41(31)35)24-29(23-27)32-15-9-17-36-34-13-5-7-19-40(34)47-42(32)36;1-3-10-28(11-4-1)29-18-22-33(23-19-29)45-43-38-25-21-32(27-39(38)44-45)31-20-24-34(37(26-31)30-12-5-2-6-13-30)35-15-9-17-41-42(35)36-14-7-8-16-40(36)46-41;1-3-11-24(12-4-1)35-27(25-21-22-31-32(23-25)38-39(37-31)26-13-5-2-6-14-26)16-9-17-28(35)29-18-10-20-34-36(29)30-15-7-8-19-33(30)40-34/h1-25H;1-27H;1-23H. The summed E-state index contributed by atoms with van der Waals surface area (Å²) in [5.41, 5.74) is 37.4. The molecule has 0 fully saturated rings. The number of furan rings is 4. The summed E-state index contributed by atoms with van der Waals surface area (Å²) in [6, 6.07) is 157. The minimum Gasteiger partial charge on any atom is -0.456 e. The number of fused-ring (bicyclic) bond motifs is 15. The van der Waals surface area contributed by atoms with Gasteiger partial charge in [0.05, 0.1) is 17.1 Å². The lowest BCUT2D eigenvalue weighted by molar-refractivity contribution is 0.668. The van der Waals surface area contributed by atoms with Crippen LogP contribution in [0.15, 0.2) is 473 Å². The molecule has 27 rings (SSSR count). The average Bonchev–Trinajstić information content (AvgIpc) is 1.35. The van der Waals surface area contributed by atoms with Gasteiger partial charge in [0.15, 0.2) is 0 Å². The second kappa shape index (κ2) is 32.6. The summed E-state index contributed by atoms with van der Waals surface area (Å²) in [5, 5.41) is 37.7. The molecule has 0 radical (unpaired) electrons. The lowest BCUT2D eigenvalue weighted by atomic mass is 9.86. The van der Waals surface area contributed by atoms with Crippen LogP contribution in [0.1, 0.15) is 0 Å². The smallest absolute Gasteiger partial charge is 0.143 e. The number of para-hydroxylation sites is 8. The molecule has 624 valence electrons. The van der Waals surface area contributed by atoms with Gasteiger partial charge in [0, 0.05) is 54.2 Å². The normalized spacial score (nSPS) is 11.6. The van der Waals surface area contributed by atoms with Crippen molar-refractivity contribution in [2.75, 3.05) is 0 Å². The van der Waals surface area contributed by atoms with E-state index in [9.17, 15) is 0 Å². The Balaban J connectivity index is 0.000000107. The molecule has 0 saturated heterocycles. The third-order valence-corrected chi connectivity index (χ3v) is 25.3. The van der Waals surface area contributed by atoms with Crippen LogP contribution >= 0.6 is 0 Å². The molecule has 0 unspecified atom stereocenters. The molecule has 7 heterocycles. The number of hydrogen-bond donors (Lipinski definition) is 0. The van der Waals surface area contributed by atoms with Crippen LogP contribution in [0.25, 0.3) is 249 Å². The summed E-state index contributed by atoms with van der Waals surface area (Å²) in [4.78, 5) is 5.12. The van der Waals surface area contributed by atoms with Crippen molar-refractivity contribution >= 4 is 121 Å². The lowest BCUT2D eigenvalue weighted by Crippen LogP contribution is -1.97. The van der Waals surface area contributed by atoms with Crippen molar-refractivity contribution in [3.05, 3.63) is 455 Å². The quantitative estimate of drug-likeness (QED) is 0.109. The predicted molar refractivity (Wildman–Crippen MR) is 540 cm³/mol. The Kier molecular flexibility index (Phi) is 18.9. The van der Waals surface area contributed by atoms with E-state index in [2.05, 4.69) is 334 Å². The van der Waals surface area contributed by atoms with Crippen LogP contribution < -0.4 is 0 Å². The Morgan fingerprint density at radius 1 is 0.150 bits per heavy atom. The van der Waals surface area contributed by atoms with Gasteiger partial charge in [-0.15, -0.1) is 30.6 Å². The first-order chi connectivity index (χ1) is 65.9. The first kappa shape index (κ1) is 77.2. The third kappa shape index (κ3) is 14.1. The van der Waals surface area contributed by atoms with Gasteiger partial charge in [0.2, 0.25) is 0 Å². The number of hydrogen-bond acceptors (Lipinski definition) is 10. The van der Waals surface area contributed by atoms with Crippen LogP contribution in [-0.2, 0) is 0 Å². The highest BCUT2D eigenvalue weighted by molar-refractivity contribution is 6.17. The zero-order valence-electron chi connectivity index (χ0n) is 71.5. The fourth-order valence-electron chi connectivity index (χ4n) is 19.0. The van der Waals surface area contributed by atoms with Gasteiger partial charge < -0.3 is 17.7 Å². The number of nitrogens with zero attached hydrogens (tertiary/aromatic N) is 9. The summed E-state index contributed by atoms with van der Waals surface area (Å²) in [6.07, 6.45) is 0. The van der Waals surface area contributed by atoms with E-state index in [0.717, 1.165) is 232 Å². The molecule has 133 heavy (non-hydrogen) atoms. The van der Waals surface area contributed by atoms with Gasteiger partial charge in [-0.2, -0.15) is 14.4 Å². The minimum absolute atomic E-state index is 0.831. The Hall–Kier alpha value is -18.2. The van der Waals surface area contributed by atoms with Gasteiger partial charge in [-0.3, -0.25) is 0 Å². The van der Waals surface area contributed by atoms with E-state index in [0.29, 0.717) is 0 Å². The zero-order valence-corrected chi connectivity index (χ0v) is 71.5. The highest BCUT2D eigenvalue weighted by Gasteiger charge is 2.24. The van der Waals surface area contributed by atoms with Gasteiger partial charge in [-0.1, -0.05) is 322 Å².